The molecule has 0 atom stereocenters. The minimum absolute atomic E-state index is 0.540. The molecule has 174 valence electrons. The van der Waals surface area contributed by atoms with Crippen molar-refractivity contribution in [2.75, 3.05) is 48.8 Å². The Morgan fingerprint density at radius 3 is 2.36 bits per heavy atom. The van der Waals surface area contributed by atoms with Gasteiger partial charge in [-0.1, -0.05) is 24.6 Å². The summed E-state index contributed by atoms with van der Waals surface area (Å²) in [5.74, 6) is 2.79. The molecule has 3 heterocycles. The molecule has 4 rings (SSSR count). The zero-order valence-electron chi connectivity index (χ0n) is 20.3. The van der Waals surface area contributed by atoms with Crippen molar-refractivity contribution in [2.45, 2.75) is 40.7 Å². The lowest BCUT2D eigenvalue weighted by molar-refractivity contribution is 0.311. The Hall–Kier alpha value is -3.26. The lowest BCUT2D eigenvalue weighted by atomic mass is 10.0. The standard InChI is InChI=1S/C25H34N8/c1-6-21-28-24(31-25(30-21)33-11-9-32(5)10-12-33)29-22-15-20(7-8-26-22)16-27-23-18(3)13-17(2)14-19(23)4/h7-8,13-15,27H,6,9-12,16H2,1-5H3,(H,26,28,29,30,31). The molecule has 1 saturated heterocycles. The van der Waals surface area contributed by atoms with E-state index in [1.165, 1.54) is 22.4 Å². The minimum atomic E-state index is 0.540. The number of nitrogens with zero attached hydrogens (tertiary/aromatic N) is 6. The normalized spacial score (nSPS) is 14.4. The first kappa shape index (κ1) is 22.9. The van der Waals surface area contributed by atoms with Crippen LogP contribution in [0, 0.1) is 20.8 Å². The van der Waals surface area contributed by atoms with E-state index in [1.54, 1.807) is 0 Å². The van der Waals surface area contributed by atoms with Crippen LogP contribution in [0.2, 0.25) is 0 Å². The monoisotopic (exact) mass is 446 g/mol. The fourth-order valence-electron chi connectivity index (χ4n) is 4.19. The first-order chi connectivity index (χ1) is 15.9. The number of hydrogen-bond acceptors (Lipinski definition) is 8. The smallest absolute Gasteiger partial charge is 0.233 e. The summed E-state index contributed by atoms with van der Waals surface area (Å²) in [4.78, 5) is 23.0. The number of aryl methyl sites for hydroxylation is 4. The molecule has 0 radical (unpaired) electrons. The predicted octanol–water partition coefficient (Wildman–Crippen LogP) is 3.86. The van der Waals surface area contributed by atoms with Gasteiger partial charge in [-0.05, 0) is 56.6 Å². The van der Waals surface area contributed by atoms with Gasteiger partial charge in [-0.15, -0.1) is 0 Å². The van der Waals surface area contributed by atoms with Gasteiger partial charge in [0.15, 0.2) is 0 Å². The molecule has 1 aliphatic heterocycles. The van der Waals surface area contributed by atoms with Crippen molar-refractivity contribution in [3.63, 3.8) is 0 Å². The summed E-state index contributed by atoms with van der Waals surface area (Å²) in [6, 6.07) is 8.48. The molecule has 1 aliphatic rings. The van der Waals surface area contributed by atoms with Crippen molar-refractivity contribution in [2.24, 2.45) is 0 Å². The van der Waals surface area contributed by atoms with Gasteiger partial charge >= 0.3 is 0 Å². The summed E-state index contributed by atoms with van der Waals surface area (Å²) in [5, 5.41) is 6.88. The number of anilines is 4. The molecule has 0 aliphatic carbocycles. The maximum atomic E-state index is 4.70. The fourth-order valence-corrected chi connectivity index (χ4v) is 4.19. The summed E-state index contributed by atoms with van der Waals surface area (Å²) in [6.07, 6.45) is 2.57. The SMILES string of the molecule is CCc1nc(Nc2cc(CNc3c(C)cc(C)cc3C)ccn2)nc(N2CCN(C)CC2)n1. The third-order valence-corrected chi connectivity index (χ3v) is 5.98. The van der Waals surface area contributed by atoms with Crippen LogP contribution in [0.15, 0.2) is 30.5 Å². The molecule has 1 fully saturated rings. The van der Waals surface area contributed by atoms with E-state index < -0.39 is 0 Å². The number of piperazine rings is 1. The van der Waals surface area contributed by atoms with Gasteiger partial charge in [0.25, 0.3) is 0 Å². The summed E-state index contributed by atoms with van der Waals surface area (Å²) < 4.78 is 0. The van der Waals surface area contributed by atoms with Crippen LogP contribution in [-0.4, -0.2) is 58.1 Å². The van der Waals surface area contributed by atoms with Gasteiger partial charge in [0.2, 0.25) is 11.9 Å². The van der Waals surface area contributed by atoms with Gasteiger partial charge in [0, 0.05) is 51.0 Å². The second-order valence-corrected chi connectivity index (χ2v) is 8.82. The number of aromatic nitrogens is 4. The van der Waals surface area contributed by atoms with E-state index in [0.717, 1.165) is 55.8 Å². The third kappa shape index (κ3) is 5.76. The molecule has 8 nitrogen and oxygen atoms in total. The van der Waals surface area contributed by atoms with E-state index in [4.69, 9.17) is 4.98 Å². The molecule has 2 N–H and O–H groups in total. The molecule has 1 aromatic carbocycles. The maximum Gasteiger partial charge on any atom is 0.233 e. The summed E-state index contributed by atoms with van der Waals surface area (Å²) in [6.45, 7) is 13.0. The highest BCUT2D eigenvalue weighted by Crippen LogP contribution is 2.23. The second-order valence-electron chi connectivity index (χ2n) is 8.82. The Balaban J connectivity index is 1.48. The van der Waals surface area contributed by atoms with Crippen molar-refractivity contribution in [1.82, 2.24) is 24.8 Å². The Morgan fingerprint density at radius 2 is 1.67 bits per heavy atom. The fraction of sp³-hybridized carbons (Fsp3) is 0.440. The molecule has 0 unspecified atom stereocenters. The first-order valence-electron chi connectivity index (χ1n) is 11.6. The van der Waals surface area contributed by atoms with Crippen LogP contribution in [0.5, 0.6) is 0 Å². The average Bonchev–Trinajstić information content (AvgIpc) is 2.79. The van der Waals surface area contributed by atoms with Crippen LogP contribution in [0.3, 0.4) is 0 Å². The van der Waals surface area contributed by atoms with Crippen LogP contribution in [-0.2, 0) is 13.0 Å². The topological polar surface area (TPSA) is 82.1 Å². The lowest BCUT2D eigenvalue weighted by Gasteiger charge is -2.32. The van der Waals surface area contributed by atoms with Crippen LogP contribution in [0.1, 0.15) is 35.0 Å². The third-order valence-electron chi connectivity index (χ3n) is 5.98. The zero-order valence-corrected chi connectivity index (χ0v) is 20.3. The first-order valence-corrected chi connectivity index (χ1v) is 11.6. The Kier molecular flexibility index (Phi) is 7.03. The van der Waals surface area contributed by atoms with Gasteiger partial charge < -0.3 is 20.4 Å². The quantitative estimate of drug-likeness (QED) is 0.566. The zero-order chi connectivity index (χ0) is 23.4. The van der Waals surface area contributed by atoms with Crippen molar-refractivity contribution >= 4 is 23.4 Å². The minimum Gasteiger partial charge on any atom is -0.381 e. The Labute approximate surface area is 196 Å². The van der Waals surface area contributed by atoms with Crippen LogP contribution in [0.4, 0.5) is 23.4 Å². The van der Waals surface area contributed by atoms with Crippen molar-refractivity contribution in [3.05, 3.63) is 58.5 Å². The van der Waals surface area contributed by atoms with Gasteiger partial charge in [-0.3, -0.25) is 0 Å². The van der Waals surface area contributed by atoms with Gasteiger partial charge in [-0.2, -0.15) is 15.0 Å². The molecular weight excluding hydrogens is 412 g/mol. The Bertz CT molecular complexity index is 1080. The van der Waals surface area contributed by atoms with Crippen LogP contribution in [0.25, 0.3) is 0 Å². The largest absolute Gasteiger partial charge is 0.381 e. The molecule has 0 saturated carbocycles. The van der Waals surface area contributed by atoms with Gasteiger partial charge in [0.1, 0.15) is 11.6 Å². The van der Waals surface area contributed by atoms with Crippen molar-refractivity contribution in [1.29, 1.82) is 0 Å². The highest BCUT2D eigenvalue weighted by molar-refractivity contribution is 5.59. The number of nitrogens with one attached hydrogen (secondary N) is 2. The van der Waals surface area contributed by atoms with E-state index in [-0.39, 0.29) is 0 Å². The average molecular weight is 447 g/mol. The number of benzene rings is 1. The highest BCUT2D eigenvalue weighted by Gasteiger charge is 2.18. The highest BCUT2D eigenvalue weighted by atomic mass is 15.3. The summed E-state index contributed by atoms with van der Waals surface area (Å²) >= 11 is 0. The molecule has 0 bridgehead atoms. The van der Waals surface area contributed by atoms with Crippen molar-refractivity contribution in [3.8, 4) is 0 Å². The van der Waals surface area contributed by atoms with E-state index in [1.807, 2.05) is 18.3 Å². The number of hydrogen-bond donors (Lipinski definition) is 2. The van der Waals surface area contributed by atoms with Gasteiger partial charge in [-0.25, -0.2) is 4.98 Å². The molecule has 8 heteroatoms. The van der Waals surface area contributed by atoms with Crippen LogP contribution >= 0.6 is 0 Å². The number of rotatable bonds is 7. The lowest BCUT2D eigenvalue weighted by Crippen LogP contribution is -2.45. The summed E-state index contributed by atoms with van der Waals surface area (Å²) in [7, 11) is 2.14. The van der Waals surface area contributed by atoms with E-state index in [9.17, 15) is 0 Å². The molecule has 3 aromatic rings. The maximum absolute atomic E-state index is 4.70. The molecular formula is C25H34N8. The van der Waals surface area contributed by atoms with Gasteiger partial charge in [0.05, 0.1) is 0 Å². The van der Waals surface area contributed by atoms with Crippen molar-refractivity contribution < 1.29 is 0 Å². The van der Waals surface area contributed by atoms with E-state index in [2.05, 4.69) is 82.3 Å². The molecule has 2 aromatic heterocycles. The Morgan fingerprint density at radius 1 is 0.939 bits per heavy atom. The van der Waals surface area contributed by atoms with Crippen LogP contribution < -0.4 is 15.5 Å². The van der Waals surface area contributed by atoms with E-state index in [0.29, 0.717) is 12.5 Å². The van der Waals surface area contributed by atoms with E-state index >= 15 is 0 Å². The molecule has 0 amide bonds. The molecule has 0 spiro atoms. The molecule has 33 heavy (non-hydrogen) atoms. The number of likely N-dealkylation sites (N-methyl/N-ethyl adjacent to an activating group) is 1. The number of pyridine rings is 1. The summed E-state index contributed by atoms with van der Waals surface area (Å²) in [5.41, 5.74) is 6.12. The second kappa shape index (κ2) is 10.1. The predicted molar refractivity (Wildman–Crippen MR) is 134 cm³/mol.